The van der Waals surface area contributed by atoms with E-state index < -0.39 is 6.36 Å². The first-order valence-corrected chi connectivity index (χ1v) is 7.56. The van der Waals surface area contributed by atoms with Gasteiger partial charge in [-0.1, -0.05) is 13.0 Å². The molecular formula is C14H19BrClF3N2O. The van der Waals surface area contributed by atoms with Crippen molar-refractivity contribution in [1.82, 2.24) is 4.90 Å². The molecule has 1 fully saturated rings. The Hall–Kier alpha value is -0.500. The lowest BCUT2D eigenvalue weighted by molar-refractivity contribution is -0.274. The predicted octanol–water partition coefficient (Wildman–Crippen LogP) is 3.94. The standard InChI is InChI=1S/C14H18BrF3N2O.ClH/c1-9-7-20(5-4-12(9)19)8-10-2-3-13(11(15)6-10)21-14(16,17)18;/h2-3,6,9,12H,4-5,7-8,19H2,1H3;1H. The number of likely N-dealkylation sites (tertiary alicyclic amines) is 1. The molecule has 2 unspecified atom stereocenters. The molecule has 1 aromatic carbocycles. The third kappa shape index (κ3) is 5.61. The van der Waals surface area contributed by atoms with Crippen LogP contribution in [0.5, 0.6) is 5.75 Å². The van der Waals surface area contributed by atoms with Crippen LogP contribution in [-0.2, 0) is 6.54 Å². The third-order valence-corrected chi connectivity index (χ3v) is 4.30. The first-order chi connectivity index (χ1) is 9.74. The Morgan fingerprint density at radius 1 is 1.41 bits per heavy atom. The number of piperidine rings is 1. The molecule has 126 valence electrons. The molecule has 22 heavy (non-hydrogen) atoms. The van der Waals surface area contributed by atoms with Gasteiger partial charge in [-0.15, -0.1) is 25.6 Å². The molecule has 0 radical (unpaired) electrons. The molecule has 1 saturated heterocycles. The van der Waals surface area contributed by atoms with E-state index in [0.717, 1.165) is 25.1 Å². The van der Waals surface area contributed by atoms with Gasteiger partial charge in [0, 0.05) is 19.1 Å². The molecule has 2 N–H and O–H groups in total. The molecule has 0 saturated carbocycles. The molecule has 1 aromatic rings. The van der Waals surface area contributed by atoms with Gasteiger partial charge < -0.3 is 10.5 Å². The molecule has 0 aromatic heterocycles. The normalized spacial score (nSPS) is 23.0. The minimum absolute atomic E-state index is 0. The summed E-state index contributed by atoms with van der Waals surface area (Å²) in [4.78, 5) is 2.26. The largest absolute Gasteiger partial charge is 0.573 e. The summed E-state index contributed by atoms with van der Waals surface area (Å²) in [5.41, 5.74) is 6.92. The summed E-state index contributed by atoms with van der Waals surface area (Å²) in [5.74, 6) is 0.204. The molecule has 8 heteroatoms. The van der Waals surface area contributed by atoms with E-state index in [4.69, 9.17) is 5.73 Å². The lowest BCUT2D eigenvalue weighted by atomic mass is 9.94. The average Bonchev–Trinajstić information content (AvgIpc) is 2.36. The van der Waals surface area contributed by atoms with Crippen LogP contribution in [0.2, 0.25) is 0 Å². The maximum Gasteiger partial charge on any atom is 0.573 e. The van der Waals surface area contributed by atoms with Crippen molar-refractivity contribution in [3.8, 4) is 5.75 Å². The Bertz CT molecular complexity index is 501. The van der Waals surface area contributed by atoms with Gasteiger partial charge in [0.2, 0.25) is 0 Å². The summed E-state index contributed by atoms with van der Waals surface area (Å²) in [7, 11) is 0. The van der Waals surface area contributed by atoms with Gasteiger partial charge in [0.1, 0.15) is 5.75 Å². The van der Waals surface area contributed by atoms with Gasteiger partial charge >= 0.3 is 6.36 Å². The molecule has 2 atom stereocenters. The van der Waals surface area contributed by atoms with Crippen molar-refractivity contribution in [3.05, 3.63) is 28.2 Å². The number of halogens is 5. The van der Waals surface area contributed by atoms with Crippen LogP contribution >= 0.6 is 28.3 Å². The molecular weight excluding hydrogens is 385 g/mol. The number of rotatable bonds is 3. The molecule has 1 heterocycles. The van der Waals surface area contributed by atoms with Crippen molar-refractivity contribution in [2.45, 2.75) is 32.3 Å². The van der Waals surface area contributed by atoms with Gasteiger partial charge in [-0.25, -0.2) is 0 Å². The molecule has 1 aliphatic heterocycles. The van der Waals surface area contributed by atoms with Gasteiger partial charge in [0.05, 0.1) is 4.47 Å². The van der Waals surface area contributed by atoms with Gasteiger partial charge in [-0.05, 0) is 52.5 Å². The van der Waals surface area contributed by atoms with Gasteiger partial charge in [0.25, 0.3) is 0 Å². The summed E-state index contributed by atoms with van der Waals surface area (Å²) >= 11 is 3.12. The van der Waals surface area contributed by atoms with E-state index in [9.17, 15) is 13.2 Å². The Morgan fingerprint density at radius 2 is 2.09 bits per heavy atom. The van der Waals surface area contributed by atoms with Crippen molar-refractivity contribution in [2.24, 2.45) is 11.7 Å². The van der Waals surface area contributed by atoms with Crippen LogP contribution in [0, 0.1) is 5.92 Å². The van der Waals surface area contributed by atoms with Crippen molar-refractivity contribution >= 4 is 28.3 Å². The molecule has 0 bridgehead atoms. The number of nitrogens with two attached hydrogens (primary N) is 1. The number of hydrogen-bond acceptors (Lipinski definition) is 3. The van der Waals surface area contributed by atoms with Crippen LogP contribution in [0.25, 0.3) is 0 Å². The van der Waals surface area contributed by atoms with Gasteiger partial charge in [-0.3, -0.25) is 4.90 Å². The maximum atomic E-state index is 12.2. The van der Waals surface area contributed by atoms with E-state index in [0.29, 0.717) is 16.9 Å². The second kappa shape index (κ2) is 7.86. The Balaban J connectivity index is 0.00000242. The summed E-state index contributed by atoms with van der Waals surface area (Å²) in [6, 6.07) is 4.90. The first-order valence-electron chi connectivity index (χ1n) is 6.76. The van der Waals surface area contributed by atoms with E-state index in [1.807, 2.05) is 0 Å². The summed E-state index contributed by atoms with van der Waals surface area (Å²) in [6.45, 7) is 4.62. The van der Waals surface area contributed by atoms with E-state index in [-0.39, 0.29) is 24.2 Å². The van der Waals surface area contributed by atoms with Crippen molar-refractivity contribution in [2.75, 3.05) is 13.1 Å². The fraction of sp³-hybridized carbons (Fsp3) is 0.571. The van der Waals surface area contributed by atoms with E-state index in [2.05, 4.69) is 32.5 Å². The monoisotopic (exact) mass is 402 g/mol. The molecule has 3 nitrogen and oxygen atoms in total. The van der Waals surface area contributed by atoms with Crippen LogP contribution < -0.4 is 10.5 Å². The highest BCUT2D eigenvalue weighted by molar-refractivity contribution is 9.10. The zero-order valence-corrected chi connectivity index (χ0v) is 14.5. The second-order valence-corrected chi connectivity index (χ2v) is 6.33. The lowest BCUT2D eigenvalue weighted by Gasteiger charge is -2.35. The highest BCUT2D eigenvalue weighted by Gasteiger charge is 2.32. The fourth-order valence-corrected chi connectivity index (χ4v) is 3.01. The predicted molar refractivity (Wildman–Crippen MR) is 85.1 cm³/mol. The quantitative estimate of drug-likeness (QED) is 0.831. The van der Waals surface area contributed by atoms with Gasteiger partial charge in [0.15, 0.2) is 0 Å². The van der Waals surface area contributed by atoms with Crippen LogP contribution in [0.1, 0.15) is 18.9 Å². The van der Waals surface area contributed by atoms with Crippen LogP contribution in [-0.4, -0.2) is 30.4 Å². The molecule has 2 rings (SSSR count). The van der Waals surface area contributed by atoms with Gasteiger partial charge in [-0.2, -0.15) is 0 Å². The van der Waals surface area contributed by atoms with Crippen molar-refractivity contribution in [3.63, 3.8) is 0 Å². The number of alkyl halides is 3. The number of nitrogens with zero attached hydrogens (tertiary/aromatic N) is 1. The van der Waals surface area contributed by atoms with E-state index in [1.54, 1.807) is 12.1 Å². The Labute approximate surface area is 142 Å². The number of benzene rings is 1. The highest BCUT2D eigenvalue weighted by atomic mass is 79.9. The average molecular weight is 404 g/mol. The number of ether oxygens (including phenoxy) is 1. The molecule has 0 aliphatic carbocycles. The summed E-state index contributed by atoms with van der Waals surface area (Å²) in [6.07, 6.45) is -3.74. The first kappa shape index (κ1) is 19.5. The fourth-order valence-electron chi connectivity index (χ4n) is 2.50. The minimum atomic E-state index is -4.68. The SMILES string of the molecule is CC1CN(Cc2ccc(OC(F)(F)F)c(Br)c2)CCC1N.Cl. The Morgan fingerprint density at radius 3 is 2.64 bits per heavy atom. The lowest BCUT2D eigenvalue weighted by Crippen LogP contribution is -2.45. The zero-order valence-electron chi connectivity index (χ0n) is 12.1. The van der Waals surface area contributed by atoms with Crippen LogP contribution in [0.4, 0.5) is 13.2 Å². The molecule has 0 amide bonds. The highest BCUT2D eigenvalue weighted by Crippen LogP contribution is 2.31. The van der Waals surface area contributed by atoms with E-state index >= 15 is 0 Å². The van der Waals surface area contributed by atoms with Crippen LogP contribution in [0.3, 0.4) is 0 Å². The smallest absolute Gasteiger partial charge is 0.405 e. The zero-order chi connectivity index (χ0) is 15.6. The maximum absolute atomic E-state index is 12.2. The van der Waals surface area contributed by atoms with E-state index in [1.165, 1.54) is 6.07 Å². The van der Waals surface area contributed by atoms with Crippen molar-refractivity contribution in [1.29, 1.82) is 0 Å². The Kier molecular flexibility index (Phi) is 6.98. The molecule has 0 spiro atoms. The number of hydrogen-bond donors (Lipinski definition) is 1. The summed E-state index contributed by atoms with van der Waals surface area (Å²) in [5, 5.41) is 0. The topological polar surface area (TPSA) is 38.5 Å². The molecule has 1 aliphatic rings. The van der Waals surface area contributed by atoms with Crippen LogP contribution in [0.15, 0.2) is 22.7 Å². The second-order valence-electron chi connectivity index (χ2n) is 5.48. The minimum Gasteiger partial charge on any atom is -0.405 e. The summed E-state index contributed by atoms with van der Waals surface area (Å²) < 4.78 is 40.9. The third-order valence-electron chi connectivity index (χ3n) is 3.68. The van der Waals surface area contributed by atoms with Crippen molar-refractivity contribution < 1.29 is 17.9 Å².